The van der Waals surface area contributed by atoms with E-state index in [0.717, 1.165) is 27.8 Å². The van der Waals surface area contributed by atoms with Gasteiger partial charge in [-0.05, 0) is 65.4 Å². The van der Waals surface area contributed by atoms with Crippen LogP contribution >= 0.6 is 0 Å². The number of aryl methyl sites for hydroxylation is 1. The Morgan fingerprint density at radius 1 is 0.829 bits per heavy atom. The quantitative estimate of drug-likeness (QED) is 0.276. The van der Waals surface area contributed by atoms with Gasteiger partial charge in [0.05, 0.1) is 6.42 Å². The molecule has 4 rings (SSSR count). The van der Waals surface area contributed by atoms with Gasteiger partial charge in [0.2, 0.25) is 0 Å². The molecule has 178 valence electrons. The Morgan fingerprint density at radius 3 is 2.11 bits per heavy atom. The number of benzene rings is 4. The third kappa shape index (κ3) is 6.03. The zero-order valence-electron chi connectivity index (χ0n) is 20.1. The van der Waals surface area contributed by atoms with Crippen molar-refractivity contribution in [2.24, 2.45) is 0 Å². The summed E-state index contributed by atoms with van der Waals surface area (Å²) in [6.45, 7) is 4.48. The molecule has 0 saturated heterocycles. The van der Waals surface area contributed by atoms with Gasteiger partial charge in [-0.25, -0.2) is 4.39 Å². The number of carboxylic acid groups (broad SMARTS) is 1. The first kappa shape index (κ1) is 24.4. The molecule has 1 unspecified atom stereocenters. The summed E-state index contributed by atoms with van der Waals surface area (Å²) in [5.41, 5.74) is 5.60. The summed E-state index contributed by atoms with van der Waals surface area (Å²) in [5.74, 6) is -1.09. The van der Waals surface area contributed by atoms with Crippen molar-refractivity contribution in [3.05, 3.63) is 131 Å². The molecule has 0 heterocycles. The molecule has 4 aromatic rings. The molecule has 3 nitrogen and oxygen atoms in total. The second-order valence-electron chi connectivity index (χ2n) is 8.95. The predicted octanol–water partition coefficient (Wildman–Crippen LogP) is 7.58. The van der Waals surface area contributed by atoms with E-state index in [1.165, 1.54) is 6.07 Å². The summed E-state index contributed by atoms with van der Waals surface area (Å²) < 4.78 is 13.9. The van der Waals surface area contributed by atoms with Crippen LogP contribution in [0.4, 0.5) is 4.39 Å². The molecule has 0 radical (unpaired) electrons. The molecular formula is C31H30FNO2. The van der Waals surface area contributed by atoms with Crippen LogP contribution in [0.1, 0.15) is 47.7 Å². The van der Waals surface area contributed by atoms with E-state index >= 15 is 0 Å². The number of hydrogen-bond acceptors (Lipinski definition) is 2. The van der Waals surface area contributed by atoms with Crippen molar-refractivity contribution in [3.8, 4) is 11.1 Å². The van der Waals surface area contributed by atoms with Crippen LogP contribution < -0.4 is 0 Å². The lowest BCUT2D eigenvalue weighted by Gasteiger charge is -2.37. The van der Waals surface area contributed by atoms with Gasteiger partial charge in [0, 0.05) is 18.6 Å². The molecule has 35 heavy (non-hydrogen) atoms. The maximum atomic E-state index is 13.9. The predicted molar refractivity (Wildman–Crippen MR) is 138 cm³/mol. The summed E-state index contributed by atoms with van der Waals surface area (Å²) in [4.78, 5) is 14.3. The van der Waals surface area contributed by atoms with Crippen LogP contribution in [0.2, 0.25) is 0 Å². The molecule has 0 aromatic heterocycles. The number of hydrogen-bond donors (Lipinski definition) is 1. The van der Waals surface area contributed by atoms with Gasteiger partial charge >= 0.3 is 5.97 Å². The van der Waals surface area contributed by atoms with E-state index in [9.17, 15) is 14.3 Å². The van der Waals surface area contributed by atoms with Crippen molar-refractivity contribution in [1.29, 1.82) is 0 Å². The van der Waals surface area contributed by atoms with Gasteiger partial charge in [-0.2, -0.15) is 0 Å². The second-order valence-corrected chi connectivity index (χ2v) is 8.95. The van der Waals surface area contributed by atoms with Gasteiger partial charge in [0.25, 0.3) is 0 Å². The van der Waals surface area contributed by atoms with Crippen molar-refractivity contribution in [1.82, 2.24) is 4.90 Å². The zero-order chi connectivity index (χ0) is 24.8. The van der Waals surface area contributed by atoms with Crippen LogP contribution in [0.15, 0.2) is 103 Å². The van der Waals surface area contributed by atoms with Crippen molar-refractivity contribution in [2.45, 2.75) is 38.9 Å². The van der Waals surface area contributed by atoms with Gasteiger partial charge in [-0.1, -0.05) is 84.9 Å². The Morgan fingerprint density at radius 2 is 1.46 bits per heavy atom. The van der Waals surface area contributed by atoms with Crippen molar-refractivity contribution >= 4 is 5.97 Å². The number of aliphatic carboxylic acids is 1. The first-order valence-electron chi connectivity index (χ1n) is 11.9. The lowest BCUT2D eigenvalue weighted by molar-refractivity contribution is -0.138. The second kappa shape index (κ2) is 11.1. The van der Waals surface area contributed by atoms with Crippen molar-refractivity contribution < 1.29 is 14.3 Å². The summed E-state index contributed by atoms with van der Waals surface area (Å²) in [5, 5.41) is 9.90. The van der Waals surface area contributed by atoms with E-state index in [4.69, 9.17) is 0 Å². The average molecular weight is 468 g/mol. The first-order chi connectivity index (χ1) is 16.9. The number of carbonyl (C=O) groups is 1. The first-order valence-corrected chi connectivity index (χ1v) is 11.9. The highest BCUT2D eigenvalue weighted by atomic mass is 19.1. The Hall–Kier alpha value is -3.76. The van der Waals surface area contributed by atoms with E-state index in [2.05, 4.69) is 36.1 Å². The van der Waals surface area contributed by atoms with E-state index in [1.54, 1.807) is 13.0 Å². The Labute approximate surface area is 206 Å². The lowest BCUT2D eigenvalue weighted by atomic mass is 9.93. The molecule has 4 aromatic carbocycles. The molecule has 0 aliphatic rings. The molecule has 0 bridgehead atoms. The molecule has 0 saturated carbocycles. The van der Waals surface area contributed by atoms with Crippen LogP contribution in [0, 0.1) is 12.7 Å². The van der Waals surface area contributed by atoms with Crippen LogP contribution in [0.5, 0.6) is 0 Å². The Kier molecular flexibility index (Phi) is 7.74. The number of carboxylic acids is 1. The minimum Gasteiger partial charge on any atom is -0.481 e. The van der Waals surface area contributed by atoms with Crippen molar-refractivity contribution in [2.75, 3.05) is 0 Å². The summed E-state index contributed by atoms with van der Waals surface area (Å²) in [6, 6.07) is 33.0. The minimum atomic E-state index is -0.851. The van der Waals surface area contributed by atoms with Crippen LogP contribution in [-0.4, -0.2) is 16.0 Å². The largest absolute Gasteiger partial charge is 0.481 e. The fourth-order valence-electron chi connectivity index (χ4n) is 4.58. The van der Waals surface area contributed by atoms with E-state index in [0.29, 0.717) is 12.1 Å². The number of nitrogens with zero attached hydrogens (tertiary/aromatic N) is 1. The normalized spacial score (nSPS) is 12.9. The highest BCUT2D eigenvalue weighted by Crippen LogP contribution is 2.36. The van der Waals surface area contributed by atoms with Gasteiger partial charge in [-0.3, -0.25) is 9.69 Å². The summed E-state index contributed by atoms with van der Waals surface area (Å²) in [6.07, 6.45) is -0.0318. The molecule has 0 spiro atoms. The van der Waals surface area contributed by atoms with Gasteiger partial charge in [0.15, 0.2) is 0 Å². The van der Waals surface area contributed by atoms with E-state index < -0.39 is 5.97 Å². The number of halogens is 1. The molecule has 0 amide bonds. The molecule has 0 fully saturated rings. The summed E-state index contributed by atoms with van der Waals surface area (Å²) in [7, 11) is 0. The fraction of sp³-hybridized carbons (Fsp3) is 0.194. The van der Waals surface area contributed by atoms with Crippen LogP contribution in [-0.2, 0) is 11.3 Å². The third-order valence-corrected chi connectivity index (χ3v) is 6.52. The van der Waals surface area contributed by atoms with Gasteiger partial charge < -0.3 is 5.11 Å². The van der Waals surface area contributed by atoms with Gasteiger partial charge in [0.1, 0.15) is 5.82 Å². The third-order valence-electron chi connectivity index (χ3n) is 6.52. The Balaban J connectivity index is 1.78. The molecular weight excluding hydrogens is 437 g/mol. The Bertz CT molecular complexity index is 1270. The van der Waals surface area contributed by atoms with E-state index in [1.807, 2.05) is 66.7 Å². The average Bonchev–Trinajstić information content (AvgIpc) is 2.88. The standard InChI is InChI=1S/C31H30FNO2/c1-22-18-27(16-17-29(22)32)26-14-9-15-28(19-26)30(20-31(34)35)33(21-24-10-5-3-6-11-24)23(2)25-12-7-4-8-13-25/h3-19,23,30H,20-21H2,1-2H3,(H,34,35)/t23-,30?/m1/s1. The van der Waals surface area contributed by atoms with Crippen LogP contribution in [0.25, 0.3) is 11.1 Å². The summed E-state index contributed by atoms with van der Waals surface area (Å²) >= 11 is 0. The van der Waals surface area contributed by atoms with E-state index in [-0.39, 0.29) is 24.3 Å². The monoisotopic (exact) mass is 467 g/mol. The zero-order valence-corrected chi connectivity index (χ0v) is 20.1. The molecule has 1 N–H and O–H groups in total. The smallest absolute Gasteiger partial charge is 0.305 e. The molecule has 2 atom stereocenters. The van der Waals surface area contributed by atoms with Crippen LogP contribution in [0.3, 0.4) is 0 Å². The highest BCUT2D eigenvalue weighted by Gasteiger charge is 2.28. The minimum absolute atomic E-state index is 0.0162. The van der Waals surface area contributed by atoms with Crippen molar-refractivity contribution in [3.63, 3.8) is 0 Å². The highest BCUT2D eigenvalue weighted by molar-refractivity contribution is 5.69. The maximum absolute atomic E-state index is 13.9. The number of rotatable bonds is 9. The topological polar surface area (TPSA) is 40.5 Å². The fourth-order valence-corrected chi connectivity index (χ4v) is 4.58. The molecule has 0 aliphatic carbocycles. The SMILES string of the molecule is Cc1cc(-c2cccc(C(CC(=O)O)N(Cc3ccccc3)[C@H](C)c3ccccc3)c2)ccc1F. The van der Waals surface area contributed by atoms with Gasteiger partial charge in [-0.15, -0.1) is 0 Å². The lowest BCUT2D eigenvalue weighted by Crippen LogP contribution is -2.32. The molecule has 4 heteroatoms. The molecule has 0 aliphatic heterocycles. The maximum Gasteiger partial charge on any atom is 0.305 e.